The lowest BCUT2D eigenvalue weighted by Crippen LogP contribution is -2.35. The molecule has 104 valence electrons. The molecular formula is C16H21BrO2. The van der Waals surface area contributed by atoms with Crippen molar-refractivity contribution in [1.82, 2.24) is 0 Å². The van der Waals surface area contributed by atoms with Crippen molar-refractivity contribution in [3.63, 3.8) is 0 Å². The van der Waals surface area contributed by atoms with Crippen LogP contribution in [0.15, 0.2) is 28.7 Å². The zero-order valence-electron chi connectivity index (χ0n) is 11.5. The van der Waals surface area contributed by atoms with E-state index in [1.165, 1.54) is 5.56 Å². The van der Waals surface area contributed by atoms with Crippen molar-refractivity contribution in [3.05, 3.63) is 34.3 Å². The summed E-state index contributed by atoms with van der Waals surface area (Å²) in [5.74, 6) is -0.559. The molecule has 0 saturated heterocycles. The van der Waals surface area contributed by atoms with Gasteiger partial charge in [0.2, 0.25) is 0 Å². The maximum atomic E-state index is 11.4. The molecule has 1 fully saturated rings. The minimum Gasteiger partial charge on any atom is -0.481 e. The van der Waals surface area contributed by atoms with Gasteiger partial charge in [-0.25, -0.2) is 0 Å². The summed E-state index contributed by atoms with van der Waals surface area (Å²) in [5.41, 5.74) is 1.50. The zero-order chi connectivity index (χ0) is 14.0. The van der Waals surface area contributed by atoms with Crippen LogP contribution in [-0.2, 0) is 11.2 Å². The van der Waals surface area contributed by atoms with Crippen LogP contribution in [0, 0.1) is 17.3 Å². The van der Waals surface area contributed by atoms with Crippen molar-refractivity contribution in [2.24, 2.45) is 17.3 Å². The summed E-state index contributed by atoms with van der Waals surface area (Å²) in [6, 6.07) is 8.23. The van der Waals surface area contributed by atoms with Crippen molar-refractivity contribution < 1.29 is 9.90 Å². The molecule has 2 nitrogen and oxygen atoms in total. The molecule has 0 aliphatic heterocycles. The van der Waals surface area contributed by atoms with E-state index in [9.17, 15) is 9.90 Å². The van der Waals surface area contributed by atoms with Gasteiger partial charge in [-0.05, 0) is 54.7 Å². The molecule has 1 aliphatic rings. The van der Waals surface area contributed by atoms with E-state index in [0.717, 1.165) is 30.2 Å². The summed E-state index contributed by atoms with van der Waals surface area (Å²) in [6.07, 6.45) is 3.69. The lowest BCUT2D eigenvalue weighted by atomic mass is 9.65. The van der Waals surface area contributed by atoms with Gasteiger partial charge in [0, 0.05) is 4.47 Å². The third-order valence-electron chi connectivity index (χ3n) is 4.24. The molecule has 1 aliphatic carbocycles. The fraction of sp³-hybridized carbons (Fsp3) is 0.562. The van der Waals surface area contributed by atoms with Gasteiger partial charge in [-0.2, -0.15) is 0 Å². The Morgan fingerprint density at radius 3 is 2.58 bits per heavy atom. The topological polar surface area (TPSA) is 37.3 Å². The normalized spacial score (nSPS) is 26.1. The van der Waals surface area contributed by atoms with Gasteiger partial charge in [0.25, 0.3) is 0 Å². The minimum absolute atomic E-state index is 0.184. The molecule has 0 amide bonds. The number of rotatable bonds is 3. The van der Waals surface area contributed by atoms with Crippen molar-refractivity contribution in [2.45, 2.75) is 39.5 Å². The third kappa shape index (κ3) is 3.82. The average Bonchev–Trinajstić information content (AvgIpc) is 2.30. The maximum Gasteiger partial charge on any atom is 0.306 e. The molecule has 0 radical (unpaired) electrons. The maximum absolute atomic E-state index is 11.4. The summed E-state index contributed by atoms with van der Waals surface area (Å²) in [4.78, 5) is 11.4. The number of hydrogen-bond acceptors (Lipinski definition) is 1. The SMILES string of the molecule is CC1(C)CCC(C(=O)O)C(Cc2ccc(Br)cc2)C1. The summed E-state index contributed by atoms with van der Waals surface area (Å²) >= 11 is 3.43. The second-order valence-corrected chi connectivity index (χ2v) is 7.36. The van der Waals surface area contributed by atoms with E-state index in [2.05, 4.69) is 41.9 Å². The number of carboxylic acids is 1. The van der Waals surface area contributed by atoms with Crippen LogP contribution in [0.3, 0.4) is 0 Å². The number of hydrogen-bond donors (Lipinski definition) is 1. The van der Waals surface area contributed by atoms with Crippen molar-refractivity contribution >= 4 is 21.9 Å². The van der Waals surface area contributed by atoms with Gasteiger partial charge in [-0.1, -0.05) is 41.9 Å². The van der Waals surface area contributed by atoms with Crippen LogP contribution in [0.4, 0.5) is 0 Å². The quantitative estimate of drug-likeness (QED) is 0.887. The van der Waals surface area contributed by atoms with E-state index in [1.54, 1.807) is 0 Å². The largest absolute Gasteiger partial charge is 0.481 e. The zero-order valence-corrected chi connectivity index (χ0v) is 13.1. The van der Waals surface area contributed by atoms with Crippen LogP contribution in [0.2, 0.25) is 0 Å². The molecule has 19 heavy (non-hydrogen) atoms. The third-order valence-corrected chi connectivity index (χ3v) is 4.77. The van der Waals surface area contributed by atoms with Gasteiger partial charge in [-0.15, -0.1) is 0 Å². The van der Waals surface area contributed by atoms with Gasteiger partial charge in [0.05, 0.1) is 5.92 Å². The van der Waals surface area contributed by atoms with E-state index in [1.807, 2.05) is 12.1 Å². The lowest BCUT2D eigenvalue weighted by molar-refractivity contribution is -0.146. The van der Waals surface area contributed by atoms with Crippen molar-refractivity contribution in [2.75, 3.05) is 0 Å². The Balaban J connectivity index is 2.13. The molecule has 2 unspecified atom stereocenters. The van der Waals surface area contributed by atoms with Crippen molar-refractivity contribution in [1.29, 1.82) is 0 Å². The molecule has 2 atom stereocenters. The highest BCUT2D eigenvalue weighted by atomic mass is 79.9. The van der Waals surface area contributed by atoms with Crippen LogP contribution < -0.4 is 0 Å². The highest BCUT2D eigenvalue weighted by molar-refractivity contribution is 9.10. The minimum atomic E-state index is -0.627. The predicted octanol–water partition coefficient (Wildman–Crippen LogP) is 4.52. The number of carboxylic acid groups (broad SMARTS) is 1. The Labute approximate surface area is 123 Å². The molecule has 2 rings (SSSR count). The molecular weight excluding hydrogens is 304 g/mol. The first-order chi connectivity index (χ1) is 8.87. The van der Waals surface area contributed by atoms with Gasteiger partial charge in [0.1, 0.15) is 0 Å². The molecule has 1 N–H and O–H groups in total. The summed E-state index contributed by atoms with van der Waals surface area (Å²) in [6.45, 7) is 4.50. The van der Waals surface area contributed by atoms with Gasteiger partial charge in [-0.3, -0.25) is 4.79 Å². The van der Waals surface area contributed by atoms with Gasteiger partial charge < -0.3 is 5.11 Å². The Morgan fingerprint density at radius 2 is 2.00 bits per heavy atom. The molecule has 1 saturated carbocycles. The first-order valence-corrected chi connectivity index (χ1v) is 7.64. The number of benzene rings is 1. The monoisotopic (exact) mass is 324 g/mol. The Bertz CT molecular complexity index is 450. The standard InChI is InChI=1S/C16H21BrO2/c1-16(2)8-7-14(15(18)19)12(10-16)9-11-3-5-13(17)6-4-11/h3-6,12,14H,7-10H2,1-2H3,(H,18,19). The highest BCUT2D eigenvalue weighted by Gasteiger charge is 2.38. The van der Waals surface area contributed by atoms with E-state index >= 15 is 0 Å². The second kappa shape index (κ2) is 5.66. The van der Waals surface area contributed by atoms with Gasteiger partial charge >= 0.3 is 5.97 Å². The Hall–Kier alpha value is -0.830. The van der Waals surface area contributed by atoms with Crippen LogP contribution >= 0.6 is 15.9 Å². The van der Waals surface area contributed by atoms with Crippen LogP contribution in [-0.4, -0.2) is 11.1 Å². The van der Waals surface area contributed by atoms with E-state index < -0.39 is 5.97 Å². The second-order valence-electron chi connectivity index (χ2n) is 6.44. The Morgan fingerprint density at radius 1 is 1.37 bits per heavy atom. The summed E-state index contributed by atoms with van der Waals surface area (Å²) < 4.78 is 1.06. The van der Waals surface area contributed by atoms with Crippen LogP contribution in [0.25, 0.3) is 0 Å². The summed E-state index contributed by atoms with van der Waals surface area (Å²) in [7, 11) is 0. The smallest absolute Gasteiger partial charge is 0.306 e. The van der Waals surface area contributed by atoms with E-state index in [4.69, 9.17) is 0 Å². The molecule has 3 heteroatoms. The highest BCUT2D eigenvalue weighted by Crippen LogP contribution is 2.43. The van der Waals surface area contributed by atoms with E-state index in [0.29, 0.717) is 0 Å². The van der Waals surface area contributed by atoms with Crippen LogP contribution in [0.1, 0.15) is 38.7 Å². The fourth-order valence-corrected chi connectivity index (χ4v) is 3.46. The molecule has 0 bridgehead atoms. The van der Waals surface area contributed by atoms with E-state index in [-0.39, 0.29) is 17.3 Å². The molecule has 1 aromatic rings. The fourth-order valence-electron chi connectivity index (χ4n) is 3.20. The summed E-state index contributed by atoms with van der Waals surface area (Å²) in [5, 5.41) is 9.39. The number of aliphatic carboxylic acids is 1. The van der Waals surface area contributed by atoms with Crippen molar-refractivity contribution in [3.8, 4) is 0 Å². The molecule has 0 spiro atoms. The van der Waals surface area contributed by atoms with Crippen LogP contribution in [0.5, 0.6) is 0 Å². The average molecular weight is 325 g/mol. The molecule has 1 aromatic carbocycles. The Kier molecular flexibility index (Phi) is 4.34. The number of carbonyl (C=O) groups is 1. The first kappa shape index (κ1) is 14.6. The predicted molar refractivity (Wildman–Crippen MR) is 80.1 cm³/mol. The molecule has 0 heterocycles. The lowest BCUT2D eigenvalue weighted by Gasteiger charge is -2.39. The number of halogens is 1. The van der Waals surface area contributed by atoms with Gasteiger partial charge in [0.15, 0.2) is 0 Å². The molecule has 0 aromatic heterocycles. The first-order valence-electron chi connectivity index (χ1n) is 6.85.